The number of ether oxygens (including phenoxy) is 4. The zero-order valence-electron chi connectivity index (χ0n) is 16.0. The van der Waals surface area contributed by atoms with Crippen LogP contribution in [0.25, 0.3) is 0 Å². The van der Waals surface area contributed by atoms with Crippen molar-refractivity contribution >= 4 is 23.3 Å². The fraction of sp³-hybridized carbons (Fsp3) is 0.529. The summed E-state index contributed by atoms with van der Waals surface area (Å²) >= 11 is 4.85. The minimum Gasteiger partial charge on any atom is -0.493 e. The van der Waals surface area contributed by atoms with Crippen LogP contribution in [0.3, 0.4) is 0 Å². The van der Waals surface area contributed by atoms with E-state index in [1.165, 1.54) is 40.4 Å². The van der Waals surface area contributed by atoms with Gasteiger partial charge in [0, 0.05) is 0 Å². The lowest BCUT2D eigenvalue weighted by molar-refractivity contribution is -0.292. The molecule has 0 spiro atoms. The molecule has 0 aromatic heterocycles. The lowest BCUT2D eigenvalue weighted by Gasteiger charge is -2.45. The van der Waals surface area contributed by atoms with Crippen LogP contribution in [-0.2, 0) is 9.53 Å². The Balaban J connectivity index is 2.70. The number of hydrogen-bond donors (Lipinski definition) is 3. The van der Waals surface area contributed by atoms with E-state index in [1.807, 2.05) is 0 Å². The highest BCUT2D eigenvalue weighted by Gasteiger charge is 2.66. The molecule has 0 saturated carbocycles. The minimum atomic E-state index is -5.24. The van der Waals surface area contributed by atoms with Gasteiger partial charge in [-0.3, -0.25) is 4.79 Å². The first kappa shape index (κ1) is 22.8. The normalized spacial score (nSPS) is 24.2. The molecule has 0 bridgehead atoms. The third kappa shape index (κ3) is 4.13. The van der Waals surface area contributed by atoms with Crippen molar-refractivity contribution in [3.05, 3.63) is 17.7 Å². The molecule has 0 unspecified atom stereocenters. The van der Waals surface area contributed by atoms with Gasteiger partial charge in [0.2, 0.25) is 5.75 Å². The van der Waals surface area contributed by atoms with E-state index >= 15 is 0 Å². The first-order chi connectivity index (χ1) is 13.5. The predicted octanol–water partition coefficient (Wildman–Crippen LogP) is 1.66. The van der Waals surface area contributed by atoms with Crippen molar-refractivity contribution in [1.82, 2.24) is 10.6 Å². The summed E-state index contributed by atoms with van der Waals surface area (Å²) in [4.78, 5) is 12.5. The Morgan fingerprint density at radius 3 is 2.17 bits per heavy atom. The molecule has 12 heteroatoms. The summed E-state index contributed by atoms with van der Waals surface area (Å²) in [5.41, 5.74) is -3.53. The second-order valence-electron chi connectivity index (χ2n) is 6.03. The van der Waals surface area contributed by atoms with E-state index in [4.69, 9.17) is 31.2 Å². The summed E-state index contributed by atoms with van der Waals surface area (Å²) in [6, 6.07) is 1.30. The van der Waals surface area contributed by atoms with Crippen LogP contribution >= 0.6 is 12.2 Å². The molecule has 2 rings (SSSR count). The van der Waals surface area contributed by atoms with Gasteiger partial charge in [0.25, 0.3) is 5.72 Å². The van der Waals surface area contributed by atoms with Crippen LogP contribution in [-0.4, -0.2) is 56.0 Å². The number of halogens is 3. The molecule has 1 saturated heterocycles. The Labute approximate surface area is 170 Å². The lowest BCUT2D eigenvalue weighted by Crippen LogP contribution is -2.73. The molecule has 0 aliphatic carbocycles. The average Bonchev–Trinajstić information content (AvgIpc) is 2.65. The van der Waals surface area contributed by atoms with Crippen LogP contribution in [0.2, 0.25) is 0 Å². The molecule has 0 radical (unpaired) electrons. The molecular formula is C17H21F3N2O6S. The summed E-state index contributed by atoms with van der Waals surface area (Å²) in [5.74, 6) is -2.91. The van der Waals surface area contributed by atoms with Crippen molar-refractivity contribution in [3.8, 4) is 17.2 Å². The molecule has 1 aromatic rings. The number of rotatable bonds is 6. The Morgan fingerprint density at radius 2 is 1.76 bits per heavy atom. The third-order valence-electron chi connectivity index (χ3n) is 4.39. The van der Waals surface area contributed by atoms with E-state index < -0.39 is 34.9 Å². The van der Waals surface area contributed by atoms with Gasteiger partial charge < -0.3 is 34.7 Å². The number of esters is 1. The van der Waals surface area contributed by atoms with Gasteiger partial charge in [-0.1, -0.05) is 0 Å². The van der Waals surface area contributed by atoms with Crippen molar-refractivity contribution in [2.45, 2.75) is 24.9 Å². The molecule has 3 atom stereocenters. The van der Waals surface area contributed by atoms with Crippen LogP contribution in [0.5, 0.6) is 17.2 Å². The van der Waals surface area contributed by atoms with E-state index in [0.29, 0.717) is 0 Å². The highest BCUT2D eigenvalue weighted by molar-refractivity contribution is 7.80. The number of methoxy groups -OCH3 is 3. The number of benzene rings is 1. The molecule has 1 heterocycles. The van der Waals surface area contributed by atoms with Gasteiger partial charge >= 0.3 is 12.1 Å². The number of carbonyl (C=O) groups excluding carboxylic acids is 1. The minimum absolute atomic E-state index is 0.129. The van der Waals surface area contributed by atoms with Gasteiger partial charge in [0.05, 0.1) is 34.0 Å². The highest BCUT2D eigenvalue weighted by atomic mass is 32.1. The molecule has 1 aliphatic heterocycles. The molecule has 1 aromatic carbocycles. The van der Waals surface area contributed by atoms with Gasteiger partial charge in [0.1, 0.15) is 5.92 Å². The monoisotopic (exact) mass is 438 g/mol. The maximum atomic E-state index is 13.8. The summed E-state index contributed by atoms with van der Waals surface area (Å²) in [6.45, 7) is 1.25. The Hall–Kier alpha value is -2.47. The van der Waals surface area contributed by atoms with Crippen molar-refractivity contribution in [1.29, 1.82) is 0 Å². The van der Waals surface area contributed by atoms with E-state index in [0.717, 1.165) is 0 Å². The quantitative estimate of drug-likeness (QED) is 0.453. The van der Waals surface area contributed by atoms with E-state index in [2.05, 4.69) is 5.32 Å². The Morgan fingerprint density at radius 1 is 1.21 bits per heavy atom. The van der Waals surface area contributed by atoms with Crippen molar-refractivity contribution in [2.75, 3.05) is 27.9 Å². The van der Waals surface area contributed by atoms with Crippen LogP contribution in [0.1, 0.15) is 18.5 Å². The van der Waals surface area contributed by atoms with Crippen LogP contribution in [0.15, 0.2) is 12.1 Å². The lowest BCUT2D eigenvalue weighted by atomic mass is 9.82. The number of aliphatic hydroxyl groups is 1. The van der Waals surface area contributed by atoms with Gasteiger partial charge in [-0.25, -0.2) is 0 Å². The molecule has 8 nitrogen and oxygen atoms in total. The van der Waals surface area contributed by atoms with Crippen molar-refractivity contribution in [2.24, 2.45) is 5.92 Å². The number of alkyl halides is 3. The molecule has 1 aliphatic rings. The predicted molar refractivity (Wildman–Crippen MR) is 98.8 cm³/mol. The number of hydrogen-bond acceptors (Lipinski definition) is 7. The maximum absolute atomic E-state index is 13.8. The first-order valence-corrected chi connectivity index (χ1v) is 8.79. The van der Waals surface area contributed by atoms with Crippen molar-refractivity contribution < 1.29 is 42.0 Å². The van der Waals surface area contributed by atoms with Gasteiger partial charge in [-0.15, -0.1) is 0 Å². The van der Waals surface area contributed by atoms with E-state index in [-0.39, 0.29) is 29.4 Å². The Kier molecular flexibility index (Phi) is 6.68. The standard InChI is InChI=1S/C17H21F3N2O6S/c1-5-28-14(23)11-12(21-15(29)22-16(11,24)17(18,19)20)8-6-9(25-2)13(27-4)10(7-8)26-3/h6-7,11-12,24H,5H2,1-4H3,(H2,21,22,29)/t11-,12-,16-/m1/s1. The second-order valence-corrected chi connectivity index (χ2v) is 6.44. The fourth-order valence-electron chi connectivity index (χ4n) is 3.10. The van der Waals surface area contributed by atoms with E-state index in [1.54, 1.807) is 5.32 Å². The summed E-state index contributed by atoms with van der Waals surface area (Å²) in [5, 5.41) is 14.3. The largest absolute Gasteiger partial charge is 0.493 e. The average molecular weight is 438 g/mol. The molecule has 29 heavy (non-hydrogen) atoms. The van der Waals surface area contributed by atoms with Gasteiger partial charge in [-0.05, 0) is 36.8 Å². The van der Waals surface area contributed by atoms with Crippen LogP contribution in [0.4, 0.5) is 13.2 Å². The van der Waals surface area contributed by atoms with Crippen LogP contribution < -0.4 is 24.8 Å². The topological polar surface area (TPSA) is 98.3 Å². The third-order valence-corrected chi connectivity index (χ3v) is 4.61. The second kappa shape index (κ2) is 8.49. The van der Waals surface area contributed by atoms with Gasteiger partial charge in [-0.2, -0.15) is 13.2 Å². The smallest absolute Gasteiger partial charge is 0.437 e. The summed E-state index contributed by atoms with van der Waals surface area (Å²) in [6.07, 6.45) is -5.24. The maximum Gasteiger partial charge on any atom is 0.437 e. The fourth-order valence-corrected chi connectivity index (χ4v) is 3.38. The zero-order valence-corrected chi connectivity index (χ0v) is 16.9. The van der Waals surface area contributed by atoms with E-state index in [9.17, 15) is 23.1 Å². The summed E-state index contributed by atoms with van der Waals surface area (Å²) < 4.78 is 61.8. The molecule has 1 fully saturated rings. The molecule has 0 amide bonds. The highest BCUT2D eigenvalue weighted by Crippen LogP contribution is 2.46. The van der Waals surface area contributed by atoms with Crippen LogP contribution in [0, 0.1) is 5.92 Å². The first-order valence-electron chi connectivity index (χ1n) is 8.38. The molecule has 162 valence electrons. The zero-order chi connectivity index (χ0) is 22.0. The van der Waals surface area contributed by atoms with Gasteiger partial charge in [0.15, 0.2) is 16.6 Å². The van der Waals surface area contributed by atoms with Crippen molar-refractivity contribution in [3.63, 3.8) is 0 Å². The number of thiocarbonyl (C=S) groups is 1. The Bertz CT molecular complexity index is 766. The molecule has 3 N–H and O–H groups in total. The number of carbonyl (C=O) groups is 1. The SMILES string of the molecule is CCOC(=O)[C@H]1[C@@H](c2cc(OC)c(OC)c(OC)c2)NC(=S)N[C@]1(O)C(F)(F)F. The molecular weight excluding hydrogens is 417 g/mol. The number of nitrogens with one attached hydrogen (secondary N) is 2. The summed E-state index contributed by atoms with van der Waals surface area (Å²) in [7, 11) is 4.02.